The van der Waals surface area contributed by atoms with Crippen molar-refractivity contribution in [1.29, 1.82) is 0 Å². The molecule has 0 radical (unpaired) electrons. The van der Waals surface area contributed by atoms with Crippen LogP contribution in [0.4, 0.5) is 0 Å². The van der Waals surface area contributed by atoms with E-state index in [1.54, 1.807) is 6.92 Å². The molecule has 0 aromatic carbocycles. The molecule has 2 nitrogen and oxygen atoms in total. The fourth-order valence-corrected chi connectivity index (χ4v) is 2.01. The van der Waals surface area contributed by atoms with Crippen LogP contribution in [0.25, 0.3) is 0 Å². The van der Waals surface area contributed by atoms with E-state index in [0.29, 0.717) is 12.3 Å². The molecule has 0 fully saturated rings. The molecule has 3 unspecified atom stereocenters. The van der Waals surface area contributed by atoms with Gasteiger partial charge in [0.05, 0.1) is 11.7 Å². The molecule has 3 atom stereocenters. The molecule has 0 heterocycles. The summed E-state index contributed by atoms with van der Waals surface area (Å²) < 4.78 is 0. The first-order valence-electron chi connectivity index (χ1n) is 6.84. The minimum absolute atomic E-state index is 0.503. The normalized spacial score (nSPS) is 19.1. The highest BCUT2D eigenvalue weighted by atomic mass is 16.3. The first kappa shape index (κ1) is 15.9. The van der Waals surface area contributed by atoms with Gasteiger partial charge in [0.15, 0.2) is 0 Å². The van der Waals surface area contributed by atoms with Crippen LogP contribution < -0.4 is 0 Å². The number of rotatable bonds is 9. The summed E-state index contributed by atoms with van der Waals surface area (Å²) in [6.07, 6.45) is 6.45. The summed E-state index contributed by atoms with van der Waals surface area (Å²) in [5.74, 6) is 0.503. The van der Waals surface area contributed by atoms with E-state index in [9.17, 15) is 10.2 Å². The zero-order chi connectivity index (χ0) is 12.6. The minimum Gasteiger partial charge on any atom is -0.390 e. The highest BCUT2D eigenvalue weighted by molar-refractivity contribution is 4.82. The van der Waals surface area contributed by atoms with E-state index in [4.69, 9.17) is 0 Å². The van der Waals surface area contributed by atoms with Gasteiger partial charge in [0, 0.05) is 0 Å². The minimum atomic E-state index is -0.906. The van der Waals surface area contributed by atoms with E-state index in [0.717, 1.165) is 25.7 Å². The average Bonchev–Trinajstić information content (AvgIpc) is 2.23. The third-order valence-electron chi connectivity index (χ3n) is 3.43. The molecule has 2 N–H and O–H groups in total. The predicted molar refractivity (Wildman–Crippen MR) is 69.5 cm³/mol. The van der Waals surface area contributed by atoms with Crippen molar-refractivity contribution in [1.82, 2.24) is 0 Å². The molecule has 0 saturated heterocycles. The largest absolute Gasteiger partial charge is 0.390 e. The van der Waals surface area contributed by atoms with Gasteiger partial charge in [-0.3, -0.25) is 0 Å². The van der Waals surface area contributed by atoms with Gasteiger partial charge in [0.1, 0.15) is 0 Å². The van der Waals surface area contributed by atoms with Crippen LogP contribution in [0.1, 0.15) is 72.6 Å². The van der Waals surface area contributed by atoms with Gasteiger partial charge in [-0.1, -0.05) is 52.9 Å². The highest BCUT2D eigenvalue weighted by Gasteiger charge is 2.30. The molecular formula is C14H30O2. The number of aliphatic hydroxyl groups excluding tert-OH is 1. The number of hydrogen-bond donors (Lipinski definition) is 2. The van der Waals surface area contributed by atoms with Crippen molar-refractivity contribution in [2.24, 2.45) is 5.92 Å². The van der Waals surface area contributed by atoms with Crippen molar-refractivity contribution in [3.05, 3.63) is 0 Å². The fourth-order valence-electron chi connectivity index (χ4n) is 2.01. The number of unbranched alkanes of at least 4 members (excludes halogenated alkanes) is 2. The summed E-state index contributed by atoms with van der Waals surface area (Å²) in [5.41, 5.74) is -0.906. The van der Waals surface area contributed by atoms with Gasteiger partial charge >= 0.3 is 0 Å². The third-order valence-corrected chi connectivity index (χ3v) is 3.43. The Labute approximate surface area is 101 Å². The van der Waals surface area contributed by atoms with Crippen molar-refractivity contribution >= 4 is 0 Å². The SMILES string of the molecule is CCCCC(C)CC(O)C(C)(O)CCCC. The van der Waals surface area contributed by atoms with Gasteiger partial charge in [-0.25, -0.2) is 0 Å². The van der Waals surface area contributed by atoms with Crippen LogP contribution in [0, 0.1) is 5.92 Å². The summed E-state index contributed by atoms with van der Waals surface area (Å²) in [7, 11) is 0. The lowest BCUT2D eigenvalue weighted by molar-refractivity contribution is -0.0768. The molecule has 0 aliphatic rings. The summed E-state index contributed by atoms with van der Waals surface area (Å²) in [6, 6.07) is 0. The predicted octanol–water partition coefficient (Wildman–Crippen LogP) is 3.50. The summed E-state index contributed by atoms with van der Waals surface area (Å²) in [4.78, 5) is 0. The van der Waals surface area contributed by atoms with Crippen LogP contribution in [0.3, 0.4) is 0 Å². The maximum Gasteiger partial charge on any atom is 0.0877 e. The summed E-state index contributed by atoms with van der Waals surface area (Å²) >= 11 is 0. The van der Waals surface area contributed by atoms with Crippen LogP contribution in [0.15, 0.2) is 0 Å². The second kappa shape index (κ2) is 8.08. The maximum atomic E-state index is 10.1. The van der Waals surface area contributed by atoms with E-state index in [1.165, 1.54) is 12.8 Å². The van der Waals surface area contributed by atoms with Crippen LogP contribution in [0.2, 0.25) is 0 Å². The molecule has 0 amide bonds. The Bertz CT molecular complexity index is 166. The topological polar surface area (TPSA) is 40.5 Å². The maximum absolute atomic E-state index is 10.1. The van der Waals surface area contributed by atoms with Crippen molar-refractivity contribution in [2.75, 3.05) is 0 Å². The molecule has 0 aromatic rings. The van der Waals surface area contributed by atoms with Crippen molar-refractivity contribution in [2.45, 2.75) is 84.3 Å². The Morgan fingerprint density at radius 1 is 1.12 bits per heavy atom. The van der Waals surface area contributed by atoms with E-state index in [2.05, 4.69) is 20.8 Å². The van der Waals surface area contributed by atoms with Crippen molar-refractivity contribution < 1.29 is 10.2 Å². The Balaban J connectivity index is 3.96. The second-order valence-electron chi connectivity index (χ2n) is 5.46. The first-order valence-corrected chi connectivity index (χ1v) is 6.84. The van der Waals surface area contributed by atoms with Crippen LogP contribution in [0.5, 0.6) is 0 Å². The molecule has 2 heteroatoms. The van der Waals surface area contributed by atoms with Crippen molar-refractivity contribution in [3.63, 3.8) is 0 Å². The van der Waals surface area contributed by atoms with Gasteiger partial charge in [0.2, 0.25) is 0 Å². The van der Waals surface area contributed by atoms with Crippen LogP contribution >= 0.6 is 0 Å². The lowest BCUT2D eigenvalue weighted by Gasteiger charge is -2.31. The average molecular weight is 230 g/mol. The Hall–Kier alpha value is -0.0800. The lowest BCUT2D eigenvalue weighted by atomic mass is 9.86. The van der Waals surface area contributed by atoms with E-state index < -0.39 is 11.7 Å². The lowest BCUT2D eigenvalue weighted by Crippen LogP contribution is -2.40. The van der Waals surface area contributed by atoms with Gasteiger partial charge in [-0.2, -0.15) is 0 Å². The van der Waals surface area contributed by atoms with Crippen LogP contribution in [-0.4, -0.2) is 21.9 Å². The van der Waals surface area contributed by atoms with Gasteiger partial charge in [0.25, 0.3) is 0 Å². The number of aliphatic hydroxyl groups is 2. The molecule has 0 aromatic heterocycles. The fraction of sp³-hybridized carbons (Fsp3) is 1.00. The van der Waals surface area contributed by atoms with Crippen molar-refractivity contribution in [3.8, 4) is 0 Å². The first-order chi connectivity index (χ1) is 7.44. The molecule has 0 spiro atoms. The summed E-state index contributed by atoms with van der Waals surface area (Å²) in [6.45, 7) is 8.21. The highest BCUT2D eigenvalue weighted by Crippen LogP contribution is 2.24. The number of hydrogen-bond acceptors (Lipinski definition) is 2. The second-order valence-corrected chi connectivity index (χ2v) is 5.46. The standard InChI is InChI=1S/C14H30O2/c1-5-7-9-12(3)11-13(15)14(4,16)10-8-6-2/h12-13,15-16H,5-11H2,1-4H3. The monoisotopic (exact) mass is 230 g/mol. The van der Waals surface area contributed by atoms with Gasteiger partial charge in [-0.15, -0.1) is 0 Å². The molecule has 0 bridgehead atoms. The molecule has 0 aliphatic heterocycles. The molecular weight excluding hydrogens is 200 g/mol. The molecule has 16 heavy (non-hydrogen) atoms. The molecule has 98 valence electrons. The Morgan fingerprint density at radius 2 is 1.69 bits per heavy atom. The van der Waals surface area contributed by atoms with Crippen LogP contribution in [-0.2, 0) is 0 Å². The van der Waals surface area contributed by atoms with Gasteiger partial charge < -0.3 is 10.2 Å². The third kappa shape index (κ3) is 6.49. The van der Waals surface area contributed by atoms with Gasteiger partial charge in [-0.05, 0) is 25.7 Å². The Kier molecular flexibility index (Phi) is 8.04. The molecule has 0 aliphatic carbocycles. The smallest absolute Gasteiger partial charge is 0.0877 e. The van der Waals surface area contributed by atoms with E-state index in [1.807, 2.05) is 0 Å². The molecule has 0 rings (SSSR count). The summed E-state index contributed by atoms with van der Waals surface area (Å²) in [5, 5.41) is 20.2. The zero-order valence-electron chi connectivity index (χ0n) is 11.5. The van der Waals surface area contributed by atoms with E-state index in [-0.39, 0.29) is 0 Å². The Morgan fingerprint density at radius 3 is 2.19 bits per heavy atom. The zero-order valence-corrected chi connectivity index (χ0v) is 11.5. The molecule has 0 saturated carbocycles. The quantitative estimate of drug-likeness (QED) is 0.636. The van der Waals surface area contributed by atoms with E-state index >= 15 is 0 Å².